The molecule has 3 aromatic rings. The van der Waals surface area contributed by atoms with Gasteiger partial charge in [-0.3, -0.25) is 4.79 Å². The van der Waals surface area contributed by atoms with Crippen molar-refractivity contribution in [3.8, 4) is 11.5 Å². The molecular weight excluding hydrogens is 330 g/mol. The maximum Gasteiger partial charge on any atom is 0.255 e. The number of rotatable bonds is 7. The number of hydrogen-bond donors (Lipinski definition) is 1. The molecule has 1 aromatic heterocycles. The molecule has 0 unspecified atom stereocenters. The smallest absolute Gasteiger partial charge is 0.255 e. The van der Waals surface area contributed by atoms with E-state index in [1.807, 2.05) is 29.0 Å². The molecule has 0 atom stereocenters. The van der Waals surface area contributed by atoms with Crippen molar-refractivity contribution in [3.63, 3.8) is 0 Å². The number of methoxy groups -OCH3 is 2. The number of carbonyl (C=O) groups is 1. The highest BCUT2D eigenvalue weighted by atomic mass is 16.5. The molecule has 134 valence electrons. The standard InChI is InChI=1S/C20H21N3O3/c1-25-17-7-8-18(19(11-17)26-2)20(24)22-12-15-5-3-4-6-16(15)13-23-10-9-21-14-23/h3-11,14H,12-13H2,1-2H3,(H,22,24). The summed E-state index contributed by atoms with van der Waals surface area (Å²) in [6.07, 6.45) is 5.44. The minimum absolute atomic E-state index is 0.193. The van der Waals surface area contributed by atoms with Gasteiger partial charge in [-0.2, -0.15) is 0 Å². The van der Waals surface area contributed by atoms with Crippen LogP contribution in [0.2, 0.25) is 0 Å². The molecule has 0 aliphatic carbocycles. The molecule has 6 heteroatoms. The van der Waals surface area contributed by atoms with Gasteiger partial charge in [0.1, 0.15) is 11.5 Å². The fourth-order valence-corrected chi connectivity index (χ4v) is 2.72. The zero-order valence-electron chi connectivity index (χ0n) is 14.8. The molecule has 1 heterocycles. The van der Waals surface area contributed by atoms with E-state index in [4.69, 9.17) is 9.47 Å². The van der Waals surface area contributed by atoms with Crippen molar-refractivity contribution in [1.82, 2.24) is 14.9 Å². The Morgan fingerprint density at radius 2 is 1.92 bits per heavy atom. The number of nitrogens with zero attached hydrogens (tertiary/aromatic N) is 2. The van der Waals surface area contributed by atoms with Crippen LogP contribution in [-0.2, 0) is 13.1 Å². The Morgan fingerprint density at radius 3 is 2.62 bits per heavy atom. The molecule has 0 aliphatic rings. The van der Waals surface area contributed by atoms with Crippen molar-refractivity contribution in [3.05, 3.63) is 77.9 Å². The molecule has 0 spiro atoms. The summed E-state index contributed by atoms with van der Waals surface area (Å²) in [6, 6.07) is 13.2. The van der Waals surface area contributed by atoms with E-state index in [-0.39, 0.29) is 5.91 Å². The topological polar surface area (TPSA) is 65.4 Å². The predicted octanol–water partition coefficient (Wildman–Crippen LogP) is 2.88. The molecule has 0 fully saturated rings. The molecule has 26 heavy (non-hydrogen) atoms. The lowest BCUT2D eigenvalue weighted by Crippen LogP contribution is -2.24. The average Bonchev–Trinajstić information content (AvgIpc) is 3.19. The summed E-state index contributed by atoms with van der Waals surface area (Å²) in [6.45, 7) is 1.14. The molecule has 2 aromatic carbocycles. The zero-order valence-corrected chi connectivity index (χ0v) is 14.8. The quantitative estimate of drug-likeness (QED) is 0.711. The van der Waals surface area contributed by atoms with Gasteiger partial charge >= 0.3 is 0 Å². The number of amides is 1. The van der Waals surface area contributed by atoms with E-state index in [2.05, 4.69) is 16.4 Å². The second-order valence-corrected chi connectivity index (χ2v) is 5.75. The van der Waals surface area contributed by atoms with Crippen molar-refractivity contribution in [1.29, 1.82) is 0 Å². The highest BCUT2D eigenvalue weighted by molar-refractivity contribution is 5.97. The predicted molar refractivity (Wildman–Crippen MR) is 98.5 cm³/mol. The maximum atomic E-state index is 12.6. The first-order valence-electron chi connectivity index (χ1n) is 8.24. The van der Waals surface area contributed by atoms with Crippen LogP contribution in [0.3, 0.4) is 0 Å². The van der Waals surface area contributed by atoms with Crippen molar-refractivity contribution >= 4 is 5.91 Å². The third kappa shape index (κ3) is 4.03. The summed E-state index contributed by atoms with van der Waals surface area (Å²) >= 11 is 0. The van der Waals surface area contributed by atoms with Crippen LogP contribution in [0.15, 0.2) is 61.2 Å². The van der Waals surface area contributed by atoms with Crippen LogP contribution in [0.1, 0.15) is 21.5 Å². The van der Waals surface area contributed by atoms with Crippen LogP contribution < -0.4 is 14.8 Å². The molecular formula is C20H21N3O3. The number of benzene rings is 2. The Kier molecular flexibility index (Phi) is 5.53. The minimum atomic E-state index is -0.193. The lowest BCUT2D eigenvalue weighted by molar-refractivity contribution is 0.0947. The highest BCUT2D eigenvalue weighted by Gasteiger charge is 2.13. The van der Waals surface area contributed by atoms with Gasteiger partial charge in [0.15, 0.2) is 0 Å². The first-order chi connectivity index (χ1) is 12.7. The van der Waals surface area contributed by atoms with Gasteiger partial charge in [-0.25, -0.2) is 4.98 Å². The van der Waals surface area contributed by atoms with Crippen molar-refractivity contribution < 1.29 is 14.3 Å². The summed E-state index contributed by atoms with van der Waals surface area (Å²) in [5.41, 5.74) is 2.66. The summed E-state index contributed by atoms with van der Waals surface area (Å²) in [7, 11) is 3.11. The van der Waals surface area contributed by atoms with Crippen LogP contribution in [0.25, 0.3) is 0 Å². The second kappa shape index (κ2) is 8.20. The number of carbonyl (C=O) groups excluding carboxylic acids is 1. The summed E-state index contributed by atoms with van der Waals surface area (Å²) < 4.78 is 12.5. The number of aromatic nitrogens is 2. The number of ether oxygens (including phenoxy) is 2. The SMILES string of the molecule is COc1ccc(C(=O)NCc2ccccc2Cn2ccnc2)c(OC)c1. The van der Waals surface area contributed by atoms with Gasteiger partial charge in [-0.15, -0.1) is 0 Å². The van der Waals surface area contributed by atoms with Crippen LogP contribution in [0.4, 0.5) is 0 Å². The molecule has 0 aliphatic heterocycles. The minimum Gasteiger partial charge on any atom is -0.497 e. The first-order valence-corrected chi connectivity index (χ1v) is 8.24. The third-order valence-electron chi connectivity index (χ3n) is 4.12. The third-order valence-corrected chi connectivity index (χ3v) is 4.12. The van der Waals surface area contributed by atoms with Gasteiger partial charge in [0.25, 0.3) is 5.91 Å². The zero-order chi connectivity index (χ0) is 18.4. The molecule has 1 N–H and O–H groups in total. The van der Waals surface area contributed by atoms with E-state index >= 15 is 0 Å². The van der Waals surface area contributed by atoms with Crippen molar-refractivity contribution in [2.24, 2.45) is 0 Å². The van der Waals surface area contributed by atoms with Crippen molar-refractivity contribution in [2.45, 2.75) is 13.1 Å². The average molecular weight is 351 g/mol. The Morgan fingerprint density at radius 1 is 1.12 bits per heavy atom. The van der Waals surface area contributed by atoms with Crippen LogP contribution >= 0.6 is 0 Å². The summed E-state index contributed by atoms with van der Waals surface area (Å²) in [5, 5.41) is 2.96. The molecule has 3 rings (SSSR count). The number of hydrogen-bond acceptors (Lipinski definition) is 4. The van der Waals surface area contributed by atoms with Gasteiger partial charge < -0.3 is 19.4 Å². The Bertz CT molecular complexity index is 876. The van der Waals surface area contributed by atoms with E-state index < -0.39 is 0 Å². The molecule has 0 radical (unpaired) electrons. The largest absolute Gasteiger partial charge is 0.497 e. The molecule has 0 bridgehead atoms. The lowest BCUT2D eigenvalue weighted by atomic mass is 10.1. The molecule has 1 amide bonds. The Labute approximate surface area is 152 Å². The number of nitrogens with one attached hydrogen (secondary N) is 1. The lowest BCUT2D eigenvalue weighted by Gasteiger charge is -2.13. The normalized spacial score (nSPS) is 10.4. The summed E-state index contributed by atoms with van der Waals surface area (Å²) in [5.74, 6) is 0.930. The fourth-order valence-electron chi connectivity index (χ4n) is 2.72. The van der Waals surface area contributed by atoms with Crippen LogP contribution in [0.5, 0.6) is 11.5 Å². The Hall–Kier alpha value is -3.28. The van der Waals surface area contributed by atoms with Crippen molar-refractivity contribution in [2.75, 3.05) is 14.2 Å². The van der Waals surface area contributed by atoms with Gasteiger partial charge in [-0.1, -0.05) is 24.3 Å². The highest BCUT2D eigenvalue weighted by Crippen LogP contribution is 2.24. The van der Waals surface area contributed by atoms with Gasteiger partial charge in [-0.05, 0) is 23.3 Å². The van der Waals surface area contributed by atoms with E-state index in [1.165, 1.54) is 7.11 Å². The van der Waals surface area contributed by atoms with E-state index in [1.54, 1.807) is 37.8 Å². The molecule has 0 saturated heterocycles. The van der Waals surface area contributed by atoms with Gasteiger partial charge in [0.05, 0.1) is 26.1 Å². The fraction of sp³-hybridized carbons (Fsp3) is 0.200. The molecule has 0 saturated carbocycles. The summed E-state index contributed by atoms with van der Waals surface area (Å²) in [4.78, 5) is 16.6. The van der Waals surface area contributed by atoms with Gasteiger partial charge in [0.2, 0.25) is 0 Å². The Balaban J connectivity index is 1.72. The van der Waals surface area contributed by atoms with Crippen LogP contribution in [0, 0.1) is 0 Å². The van der Waals surface area contributed by atoms with E-state index in [0.29, 0.717) is 30.2 Å². The van der Waals surface area contributed by atoms with E-state index in [0.717, 1.165) is 11.1 Å². The van der Waals surface area contributed by atoms with Gasteiger partial charge in [0, 0.05) is 31.5 Å². The molecule has 6 nitrogen and oxygen atoms in total. The monoisotopic (exact) mass is 351 g/mol. The maximum absolute atomic E-state index is 12.6. The number of imidazole rings is 1. The van der Waals surface area contributed by atoms with E-state index in [9.17, 15) is 4.79 Å². The van der Waals surface area contributed by atoms with Crippen LogP contribution in [-0.4, -0.2) is 29.7 Å². The first kappa shape index (κ1) is 17.5. The second-order valence-electron chi connectivity index (χ2n) is 5.75.